The van der Waals surface area contributed by atoms with Crippen molar-refractivity contribution in [3.8, 4) is 0 Å². The van der Waals surface area contributed by atoms with Gasteiger partial charge in [0, 0.05) is 19.2 Å². The summed E-state index contributed by atoms with van der Waals surface area (Å²) in [6.45, 7) is 0.494. The van der Waals surface area contributed by atoms with E-state index in [2.05, 4.69) is 4.98 Å². The van der Waals surface area contributed by atoms with Crippen molar-refractivity contribution in [3.63, 3.8) is 0 Å². The molecule has 0 aromatic carbocycles. The van der Waals surface area contributed by atoms with E-state index in [1.807, 2.05) is 0 Å². The van der Waals surface area contributed by atoms with Gasteiger partial charge in [0.15, 0.2) is 0 Å². The Balaban J connectivity index is 2.37. The predicted molar refractivity (Wildman–Crippen MR) is 58.8 cm³/mol. The Morgan fingerprint density at radius 2 is 2.22 bits per heavy atom. The van der Waals surface area contributed by atoms with Crippen LogP contribution in [0.4, 0.5) is 18.9 Å². The number of halogens is 3. The molecule has 1 aromatic heterocycles. The predicted octanol–water partition coefficient (Wildman–Crippen LogP) is 1.41. The second kappa shape index (κ2) is 4.56. The molecule has 4 nitrogen and oxygen atoms in total. The van der Waals surface area contributed by atoms with Crippen LogP contribution in [0, 0.1) is 5.92 Å². The smallest absolute Gasteiger partial charge is 0.330 e. The number of pyridine rings is 1. The molecule has 18 heavy (non-hydrogen) atoms. The fourth-order valence-corrected chi connectivity index (χ4v) is 2.01. The summed E-state index contributed by atoms with van der Waals surface area (Å²) < 4.78 is 38.5. The van der Waals surface area contributed by atoms with E-state index < -0.39 is 11.7 Å². The highest BCUT2D eigenvalue weighted by Crippen LogP contribution is 2.37. The van der Waals surface area contributed by atoms with Gasteiger partial charge in [0.25, 0.3) is 0 Å². The van der Waals surface area contributed by atoms with Crippen LogP contribution in [-0.2, 0) is 11.0 Å². The molecule has 0 radical (unpaired) electrons. The summed E-state index contributed by atoms with van der Waals surface area (Å²) in [6, 6.07) is 0.873. The lowest BCUT2D eigenvalue weighted by atomic mass is 10.1. The zero-order chi connectivity index (χ0) is 13.3. The molecular formula is C11H12F3N3O. The van der Waals surface area contributed by atoms with E-state index >= 15 is 0 Å². The second-order valence-electron chi connectivity index (χ2n) is 4.20. The number of nitrogens with two attached hydrogens (primary N) is 1. The van der Waals surface area contributed by atoms with Crippen LogP contribution in [0.2, 0.25) is 0 Å². The molecule has 1 aromatic rings. The van der Waals surface area contributed by atoms with Gasteiger partial charge in [-0.05, 0) is 18.5 Å². The van der Waals surface area contributed by atoms with E-state index in [0.29, 0.717) is 0 Å². The van der Waals surface area contributed by atoms with E-state index in [-0.39, 0.29) is 37.0 Å². The summed E-state index contributed by atoms with van der Waals surface area (Å²) in [4.78, 5) is 16.5. The van der Waals surface area contributed by atoms with E-state index in [0.717, 1.165) is 23.4 Å². The molecule has 2 N–H and O–H groups in total. The Kier molecular flexibility index (Phi) is 3.25. The zero-order valence-corrected chi connectivity index (χ0v) is 9.44. The molecule has 1 saturated heterocycles. The lowest BCUT2D eigenvalue weighted by molar-refractivity contribution is -0.137. The Bertz CT molecular complexity index is 461. The average Bonchev–Trinajstić information content (AvgIpc) is 2.69. The standard InChI is InChI=1S/C11H12F3N3O/c12-11(13,14)8-1-2-16-5-9(8)17-6-7(4-15)3-10(17)18/h1-2,5,7H,3-4,6,15H2. The minimum absolute atomic E-state index is 0.0983. The molecule has 0 spiro atoms. The number of hydrogen-bond donors (Lipinski definition) is 1. The van der Waals surface area contributed by atoms with Crippen LogP contribution < -0.4 is 10.6 Å². The number of rotatable bonds is 2. The molecular weight excluding hydrogens is 247 g/mol. The van der Waals surface area contributed by atoms with E-state index in [1.54, 1.807) is 0 Å². The topological polar surface area (TPSA) is 59.2 Å². The average molecular weight is 259 g/mol. The van der Waals surface area contributed by atoms with Gasteiger partial charge >= 0.3 is 6.18 Å². The molecule has 2 rings (SSSR count). The van der Waals surface area contributed by atoms with Crippen LogP contribution in [0.25, 0.3) is 0 Å². The summed E-state index contributed by atoms with van der Waals surface area (Å²) in [6.07, 6.45) is -2.19. The Hall–Kier alpha value is -1.63. The summed E-state index contributed by atoms with van der Waals surface area (Å²) in [5.41, 5.74) is 4.41. The van der Waals surface area contributed by atoms with Crippen LogP contribution in [-0.4, -0.2) is 24.0 Å². The fourth-order valence-electron chi connectivity index (χ4n) is 2.01. The molecule has 98 valence electrons. The normalized spacial score (nSPS) is 20.6. The monoisotopic (exact) mass is 259 g/mol. The number of hydrogen-bond acceptors (Lipinski definition) is 3. The van der Waals surface area contributed by atoms with Crippen molar-refractivity contribution in [2.24, 2.45) is 11.7 Å². The number of alkyl halides is 3. The maximum Gasteiger partial charge on any atom is 0.418 e. The fraction of sp³-hybridized carbons (Fsp3) is 0.455. The quantitative estimate of drug-likeness (QED) is 0.873. The second-order valence-corrected chi connectivity index (χ2v) is 4.20. The number of carbonyl (C=O) groups excluding carboxylic acids is 1. The van der Waals surface area contributed by atoms with Crippen LogP contribution in [0.1, 0.15) is 12.0 Å². The number of nitrogens with zero attached hydrogens (tertiary/aromatic N) is 2. The molecule has 0 bridgehead atoms. The third-order valence-electron chi connectivity index (χ3n) is 2.93. The van der Waals surface area contributed by atoms with Crippen molar-refractivity contribution in [2.45, 2.75) is 12.6 Å². The first-order chi connectivity index (χ1) is 8.43. The Morgan fingerprint density at radius 3 is 2.78 bits per heavy atom. The van der Waals surface area contributed by atoms with Crippen molar-refractivity contribution in [1.82, 2.24) is 4.98 Å². The minimum atomic E-state index is -4.50. The summed E-state index contributed by atoms with van der Waals surface area (Å²) in [5.74, 6) is -0.442. The first-order valence-electron chi connectivity index (χ1n) is 5.45. The van der Waals surface area contributed by atoms with Crippen LogP contribution >= 0.6 is 0 Å². The third-order valence-corrected chi connectivity index (χ3v) is 2.93. The van der Waals surface area contributed by atoms with Gasteiger partial charge in [0.1, 0.15) is 0 Å². The molecule has 7 heteroatoms. The molecule has 1 unspecified atom stereocenters. The van der Waals surface area contributed by atoms with Gasteiger partial charge in [0.05, 0.1) is 17.4 Å². The number of amides is 1. The number of aromatic nitrogens is 1. The SMILES string of the molecule is NCC1CC(=O)N(c2cnccc2C(F)(F)F)C1. The third kappa shape index (κ3) is 2.31. The van der Waals surface area contributed by atoms with Crippen molar-refractivity contribution in [1.29, 1.82) is 0 Å². The summed E-state index contributed by atoms with van der Waals surface area (Å²) >= 11 is 0. The molecule has 0 aliphatic carbocycles. The molecule has 1 amide bonds. The first-order valence-corrected chi connectivity index (χ1v) is 5.45. The number of carbonyl (C=O) groups is 1. The van der Waals surface area contributed by atoms with Crippen LogP contribution in [0.15, 0.2) is 18.5 Å². The molecule has 2 heterocycles. The highest BCUT2D eigenvalue weighted by Gasteiger charge is 2.38. The van der Waals surface area contributed by atoms with Crippen molar-refractivity contribution < 1.29 is 18.0 Å². The van der Waals surface area contributed by atoms with Crippen molar-refractivity contribution >= 4 is 11.6 Å². The van der Waals surface area contributed by atoms with Crippen LogP contribution in [0.5, 0.6) is 0 Å². The maximum absolute atomic E-state index is 12.8. The van der Waals surface area contributed by atoms with Gasteiger partial charge in [0.2, 0.25) is 5.91 Å². The molecule has 0 saturated carbocycles. The maximum atomic E-state index is 12.8. The minimum Gasteiger partial charge on any atom is -0.330 e. The summed E-state index contributed by atoms with van der Waals surface area (Å²) in [7, 11) is 0. The largest absolute Gasteiger partial charge is 0.418 e. The van der Waals surface area contributed by atoms with Crippen molar-refractivity contribution in [3.05, 3.63) is 24.0 Å². The van der Waals surface area contributed by atoms with Crippen molar-refractivity contribution in [2.75, 3.05) is 18.0 Å². The Morgan fingerprint density at radius 1 is 1.50 bits per heavy atom. The Labute approximate surface area is 102 Å². The van der Waals surface area contributed by atoms with E-state index in [9.17, 15) is 18.0 Å². The summed E-state index contributed by atoms with van der Waals surface area (Å²) in [5, 5.41) is 0. The lowest BCUT2D eigenvalue weighted by Crippen LogP contribution is -2.28. The van der Waals surface area contributed by atoms with Crippen LogP contribution in [0.3, 0.4) is 0 Å². The van der Waals surface area contributed by atoms with Gasteiger partial charge in [-0.3, -0.25) is 9.78 Å². The van der Waals surface area contributed by atoms with Gasteiger partial charge in [-0.25, -0.2) is 0 Å². The van der Waals surface area contributed by atoms with Gasteiger partial charge in [-0.1, -0.05) is 0 Å². The molecule has 1 atom stereocenters. The zero-order valence-electron chi connectivity index (χ0n) is 9.44. The number of anilines is 1. The van der Waals surface area contributed by atoms with Gasteiger partial charge in [-0.2, -0.15) is 13.2 Å². The van der Waals surface area contributed by atoms with E-state index in [4.69, 9.17) is 5.73 Å². The highest BCUT2D eigenvalue weighted by atomic mass is 19.4. The highest BCUT2D eigenvalue weighted by molar-refractivity contribution is 5.96. The van der Waals surface area contributed by atoms with Gasteiger partial charge < -0.3 is 10.6 Å². The molecule has 1 aliphatic heterocycles. The van der Waals surface area contributed by atoms with Gasteiger partial charge in [-0.15, -0.1) is 0 Å². The first kappa shape index (κ1) is 12.8. The molecule has 1 aliphatic rings. The molecule has 1 fully saturated rings. The van der Waals surface area contributed by atoms with E-state index in [1.165, 1.54) is 0 Å². The lowest BCUT2D eigenvalue weighted by Gasteiger charge is -2.20.